The molecule has 2 aromatic carbocycles. The lowest BCUT2D eigenvalue weighted by Crippen LogP contribution is -2.50. The van der Waals surface area contributed by atoms with Crippen LogP contribution in [0.15, 0.2) is 47.1 Å². The molecule has 0 N–H and O–H groups in total. The first-order valence-electron chi connectivity index (χ1n) is 13.5. The van der Waals surface area contributed by atoms with Gasteiger partial charge in [0.2, 0.25) is 0 Å². The fourth-order valence-corrected chi connectivity index (χ4v) is 5.53. The molecule has 0 amide bonds. The molecule has 0 aromatic heterocycles. The van der Waals surface area contributed by atoms with Crippen molar-refractivity contribution in [3.05, 3.63) is 58.7 Å². The molecule has 208 valence electrons. The number of methoxy groups -OCH3 is 2. The number of hydrogen-bond donors (Lipinski definition) is 0. The minimum atomic E-state index is -0.522. The third-order valence-corrected chi connectivity index (χ3v) is 7.46. The molecule has 3 aliphatic rings. The van der Waals surface area contributed by atoms with Gasteiger partial charge in [0, 0.05) is 44.8 Å². The molecular formula is C30H37N3O6. The summed E-state index contributed by atoms with van der Waals surface area (Å²) in [5, 5.41) is 4.46. The number of carbonyl (C=O) groups excluding carboxylic acids is 1. The molecular weight excluding hydrogens is 498 g/mol. The van der Waals surface area contributed by atoms with Crippen LogP contribution in [0.2, 0.25) is 0 Å². The van der Waals surface area contributed by atoms with Gasteiger partial charge in [0.05, 0.1) is 26.7 Å². The van der Waals surface area contributed by atoms with Gasteiger partial charge in [0.15, 0.2) is 17.6 Å². The zero-order valence-corrected chi connectivity index (χ0v) is 23.1. The van der Waals surface area contributed by atoms with Gasteiger partial charge < -0.3 is 23.8 Å². The normalized spacial score (nSPS) is 21.2. The summed E-state index contributed by atoms with van der Waals surface area (Å²) in [5.74, 6) is 0.543. The fourth-order valence-electron chi connectivity index (χ4n) is 5.53. The molecule has 0 aliphatic carbocycles. The van der Waals surface area contributed by atoms with Gasteiger partial charge >= 0.3 is 5.97 Å². The second-order valence-corrected chi connectivity index (χ2v) is 10.1. The summed E-state index contributed by atoms with van der Waals surface area (Å²) < 4.78 is 22.5. The molecule has 2 unspecified atom stereocenters. The van der Waals surface area contributed by atoms with E-state index in [1.54, 1.807) is 13.0 Å². The minimum Gasteiger partial charge on any atom is -0.493 e. The van der Waals surface area contributed by atoms with Gasteiger partial charge in [-0.2, -0.15) is 0 Å². The van der Waals surface area contributed by atoms with Crippen LogP contribution in [-0.4, -0.2) is 94.3 Å². The zero-order valence-electron chi connectivity index (χ0n) is 23.1. The lowest BCUT2D eigenvalue weighted by molar-refractivity contribution is 0.00993. The van der Waals surface area contributed by atoms with Crippen LogP contribution < -0.4 is 14.2 Å². The second-order valence-electron chi connectivity index (χ2n) is 10.1. The minimum absolute atomic E-state index is 0.0419. The van der Waals surface area contributed by atoms with Crippen LogP contribution in [0.3, 0.4) is 0 Å². The molecule has 2 aromatic rings. The molecule has 0 radical (unpaired) electrons. The number of esters is 1. The number of ether oxygens (including phenoxy) is 4. The summed E-state index contributed by atoms with van der Waals surface area (Å²) in [6, 6.07) is 12.3. The summed E-state index contributed by atoms with van der Waals surface area (Å²) in [6.45, 7) is 10.2. The Morgan fingerprint density at radius 1 is 1.10 bits per heavy atom. The summed E-state index contributed by atoms with van der Waals surface area (Å²) in [5.41, 5.74) is 4.27. The van der Waals surface area contributed by atoms with E-state index in [9.17, 15) is 4.79 Å². The van der Waals surface area contributed by atoms with Crippen molar-refractivity contribution >= 4 is 17.8 Å². The zero-order chi connectivity index (χ0) is 27.4. The quantitative estimate of drug-likeness (QED) is 0.450. The van der Waals surface area contributed by atoms with Gasteiger partial charge in [0.1, 0.15) is 23.6 Å². The Morgan fingerprint density at radius 3 is 2.54 bits per heavy atom. The molecule has 0 spiro atoms. The van der Waals surface area contributed by atoms with Crippen LogP contribution >= 0.6 is 0 Å². The highest BCUT2D eigenvalue weighted by Gasteiger charge is 2.43. The molecule has 0 bridgehead atoms. The van der Waals surface area contributed by atoms with Crippen LogP contribution in [0.25, 0.3) is 6.08 Å². The van der Waals surface area contributed by atoms with Crippen molar-refractivity contribution in [2.24, 2.45) is 11.1 Å². The molecule has 0 saturated carbocycles. The Balaban J connectivity index is 1.23. The summed E-state index contributed by atoms with van der Waals surface area (Å²) >= 11 is 0. The van der Waals surface area contributed by atoms with Gasteiger partial charge in [-0.05, 0) is 25.5 Å². The number of fused-ring (bicyclic) bond motifs is 3. The van der Waals surface area contributed by atoms with Crippen LogP contribution in [0, 0.1) is 5.92 Å². The Bertz CT molecular complexity index is 1240. The van der Waals surface area contributed by atoms with Crippen molar-refractivity contribution in [3.63, 3.8) is 0 Å². The highest BCUT2D eigenvalue weighted by Crippen LogP contribution is 2.45. The van der Waals surface area contributed by atoms with E-state index in [1.165, 1.54) is 25.4 Å². The maximum absolute atomic E-state index is 12.8. The molecule has 1 fully saturated rings. The Hall–Kier alpha value is -3.56. The highest BCUT2D eigenvalue weighted by atomic mass is 16.6. The predicted molar refractivity (Wildman–Crippen MR) is 149 cm³/mol. The molecule has 5 rings (SSSR count). The number of oxime groups is 1. The van der Waals surface area contributed by atoms with Crippen molar-refractivity contribution in [1.82, 2.24) is 9.80 Å². The van der Waals surface area contributed by atoms with Gasteiger partial charge in [-0.15, -0.1) is 0 Å². The number of rotatable bonds is 9. The molecule has 39 heavy (non-hydrogen) atoms. The van der Waals surface area contributed by atoms with Gasteiger partial charge in [0.25, 0.3) is 0 Å². The van der Waals surface area contributed by atoms with E-state index in [1.807, 2.05) is 6.07 Å². The first-order valence-corrected chi connectivity index (χ1v) is 13.5. The van der Waals surface area contributed by atoms with Crippen molar-refractivity contribution in [2.75, 3.05) is 66.7 Å². The summed E-state index contributed by atoms with van der Waals surface area (Å²) in [4.78, 5) is 23.7. The lowest BCUT2D eigenvalue weighted by Gasteiger charge is -2.36. The standard InChI is InChI=1S/C30H37N3O6/c1-5-37-30(34)26-28-22(16-24(35-3)29(26)36-4)27-23(19-38-28)25(39-31-27)18-33-13-11-32(12-14-33)17-20(2)15-21-9-7-6-8-10-21/h6-10,15-16,23,25H,5,11-14,17-19H2,1-4H3. The van der Waals surface area contributed by atoms with Gasteiger partial charge in [-0.25, -0.2) is 4.79 Å². The fraction of sp³-hybridized carbons (Fsp3) is 0.467. The van der Waals surface area contributed by atoms with Crippen LogP contribution in [0.5, 0.6) is 17.2 Å². The van der Waals surface area contributed by atoms with E-state index < -0.39 is 5.97 Å². The van der Waals surface area contributed by atoms with Crippen molar-refractivity contribution in [2.45, 2.75) is 20.0 Å². The Labute approximate surface area is 229 Å². The number of hydrogen-bond acceptors (Lipinski definition) is 9. The predicted octanol–water partition coefficient (Wildman–Crippen LogP) is 3.71. The first kappa shape index (κ1) is 27.0. The monoisotopic (exact) mass is 535 g/mol. The van der Waals surface area contributed by atoms with E-state index in [0.29, 0.717) is 23.7 Å². The SMILES string of the molecule is CCOC(=O)c1c(OC)c(OC)cc2c1OCC1C2=NOC1CN1CCN(CC(C)=Cc2ccccc2)CC1. The Kier molecular flexibility index (Phi) is 8.38. The van der Waals surface area contributed by atoms with Crippen molar-refractivity contribution < 1.29 is 28.6 Å². The average molecular weight is 536 g/mol. The van der Waals surface area contributed by atoms with E-state index >= 15 is 0 Å². The largest absolute Gasteiger partial charge is 0.493 e. The van der Waals surface area contributed by atoms with E-state index in [0.717, 1.165) is 45.0 Å². The number of nitrogens with zero attached hydrogens (tertiary/aromatic N) is 3. The molecule has 3 aliphatic heterocycles. The molecule has 9 heteroatoms. The number of benzene rings is 2. The second kappa shape index (κ2) is 12.1. The maximum Gasteiger partial charge on any atom is 0.345 e. The van der Waals surface area contributed by atoms with Crippen LogP contribution in [0.1, 0.15) is 35.3 Å². The molecule has 9 nitrogen and oxygen atoms in total. The van der Waals surface area contributed by atoms with Gasteiger partial charge in [-0.3, -0.25) is 9.80 Å². The third kappa shape index (κ3) is 5.74. The maximum atomic E-state index is 12.8. The van der Waals surface area contributed by atoms with E-state index in [4.69, 9.17) is 23.8 Å². The molecule has 2 atom stereocenters. The van der Waals surface area contributed by atoms with Crippen molar-refractivity contribution in [3.8, 4) is 17.2 Å². The average Bonchev–Trinajstić information content (AvgIpc) is 3.36. The number of carbonyl (C=O) groups is 1. The van der Waals surface area contributed by atoms with E-state index in [2.05, 4.69) is 52.2 Å². The number of piperazine rings is 1. The van der Waals surface area contributed by atoms with Crippen molar-refractivity contribution in [1.29, 1.82) is 0 Å². The highest BCUT2D eigenvalue weighted by molar-refractivity contribution is 6.10. The summed E-state index contributed by atoms with van der Waals surface area (Å²) in [6.07, 6.45) is 2.13. The molecule has 1 saturated heterocycles. The smallest absolute Gasteiger partial charge is 0.345 e. The topological polar surface area (TPSA) is 82.1 Å². The van der Waals surface area contributed by atoms with E-state index in [-0.39, 0.29) is 29.9 Å². The lowest BCUT2D eigenvalue weighted by atomic mass is 9.88. The van der Waals surface area contributed by atoms with Gasteiger partial charge in [-0.1, -0.05) is 47.1 Å². The first-order chi connectivity index (χ1) is 19.0. The van der Waals surface area contributed by atoms with Crippen LogP contribution in [0.4, 0.5) is 0 Å². The Morgan fingerprint density at radius 2 is 1.85 bits per heavy atom. The third-order valence-electron chi connectivity index (χ3n) is 7.46. The summed E-state index contributed by atoms with van der Waals surface area (Å²) in [7, 11) is 3.03. The van der Waals surface area contributed by atoms with Crippen LogP contribution in [-0.2, 0) is 9.57 Å². The molecule has 3 heterocycles.